The second-order valence-electron chi connectivity index (χ2n) is 7.85. The summed E-state index contributed by atoms with van der Waals surface area (Å²) in [5.74, 6) is 0.114. The largest absolute Gasteiger partial charge is 0.481 e. The van der Waals surface area contributed by atoms with Crippen LogP contribution >= 0.6 is 0 Å². The Morgan fingerprint density at radius 2 is 1.43 bits per heavy atom. The molecule has 0 saturated heterocycles. The van der Waals surface area contributed by atoms with Crippen LogP contribution in [0.5, 0.6) is 0 Å². The number of carboxylic acid groups (broad SMARTS) is 1. The fourth-order valence-corrected chi connectivity index (χ4v) is 2.76. The van der Waals surface area contributed by atoms with Crippen molar-refractivity contribution in [2.75, 3.05) is 0 Å². The maximum Gasteiger partial charge on any atom is 0.309 e. The molecule has 0 radical (unpaired) electrons. The molecule has 0 atom stereocenters. The molecule has 0 amide bonds. The molecule has 1 rings (SSSR count). The van der Waals surface area contributed by atoms with E-state index in [-0.39, 0.29) is 0 Å². The normalized spacial score (nSPS) is 11.9. The first-order valence-electron chi connectivity index (χ1n) is 9.12. The minimum Gasteiger partial charge on any atom is -0.481 e. The van der Waals surface area contributed by atoms with Crippen molar-refractivity contribution in [1.82, 2.24) is 0 Å². The second kappa shape index (κ2) is 9.75. The molecule has 0 heterocycles. The van der Waals surface area contributed by atoms with Gasteiger partial charge in [-0.2, -0.15) is 0 Å². The van der Waals surface area contributed by atoms with Crippen LogP contribution in [-0.4, -0.2) is 11.1 Å². The summed E-state index contributed by atoms with van der Waals surface area (Å²) in [7, 11) is 0. The lowest BCUT2D eigenvalue weighted by molar-refractivity contribution is -0.147. The van der Waals surface area contributed by atoms with Crippen LogP contribution in [0.1, 0.15) is 77.3 Å². The molecule has 0 aliphatic rings. The summed E-state index contributed by atoms with van der Waals surface area (Å²) in [5.41, 5.74) is 2.20. The number of benzene rings is 1. The first-order chi connectivity index (χ1) is 10.8. The molecule has 0 aliphatic carbocycles. The Balaban J connectivity index is 2.25. The summed E-state index contributed by atoms with van der Waals surface area (Å²) >= 11 is 0. The fourth-order valence-electron chi connectivity index (χ4n) is 2.76. The fraction of sp³-hybridized carbons (Fsp3) is 0.667. The third-order valence-corrected chi connectivity index (χ3v) is 4.62. The van der Waals surface area contributed by atoms with E-state index >= 15 is 0 Å². The highest BCUT2D eigenvalue weighted by Gasteiger charge is 2.25. The van der Waals surface area contributed by atoms with Gasteiger partial charge in [0.2, 0.25) is 0 Å². The van der Waals surface area contributed by atoms with Gasteiger partial charge in [0.25, 0.3) is 0 Å². The molecule has 2 nitrogen and oxygen atoms in total. The Hall–Kier alpha value is -1.31. The van der Waals surface area contributed by atoms with Crippen molar-refractivity contribution in [3.63, 3.8) is 0 Å². The summed E-state index contributed by atoms with van der Waals surface area (Å²) < 4.78 is 0. The zero-order chi connectivity index (χ0) is 17.3. The summed E-state index contributed by atoms with van der Waals surface area (Å²) in [4.78, 5) is 11.1. The minimum absolute atomic E-state index is 0.597. The van der Waals surface area contributed by atoms with Crippen LogP contribution < -0.4 is 0 Å². The maximum absolute atomic E-state index is 11.1. The highest BCUT2D eigenvalue weighted by molar-refractivity contribution is 5.73. The van der Waals surface area contributed by atoms with Crippen LogP contribution in [0.2, 0.25) is 0 Å². The van der Waals surface area contributed by atoms with Gasteiger partial charge in [-0.05, 0) is 63.0 Å². The van der Waals surface area contributed by atoms with Gasteiger partial charge in [-0.1, -0.05) is 57.4 Å². The standard InChI is InChI=1S/C21H34O2/c1-17(2)9-5-6-10-18-12-14-19(15-13-18)11-7-8-16-21(3,4)20(22)23/h12-15,17H,5-11,16H2,1-4H3,(H,22,23). The molecule has 23 heavy (non-hydrogen) atoms. The van der Waals surface area contributed by atoms with Crippen LogP contribution in [0.15, 0.2) is 24.3 Å². The SMILES string of the molecule is CC(C)CCCCc1ccc(CCCCC(C)(C)C(=O)O)cc1. The number of unbranched alkanes of at least 4 members (excludes halogenated alkanes) is 2. The number of aliphatic carboxylic acids is 1. The molecule has 0 aromatic heterocycles. The molecular weight excluding hydrogens is 284 g/mol. The van der Waals surface area contributed by atoms with Gasteiger partial charge < -0.3 is 5.11 Å². The van der Waals surface area contributed by atoms with E-state index < -0.39 is 11.4 Å². The summed E-state index contributed by atoms with van der Waals surface area (Å²) in [6, 6.07) is 8.98. The smallest absolute Gasteiger partial charge is 0.309 e. The summed E-state index contributed by atoms with van der Waals surface area (Å²) in [6.07, 6.45) is 8.92. The highest BCUT2D eigenvalue weighted by atomic mass is 16.4. The highest BCUT2D eigenvalue weighted by Crippen LogP contribution is 2.24. The number of hydrogen-bond acceptors (Lipinski definition) is 1. The molecule has 1 N–H and O–H groups in total. The number of hydrogen-bond donors (Lipinski definition) is 1. The van der Waals surface area contributed by atoms with Crippen molar-refractivity contribution in [2.24, 2.45) is 11.3 Å². The van der Waals surface area contributed by atoms with Crippen LogP contribution in [0.3, 0.4) is 0 Å². The average molecular weight is 319 g/mol. The Morgan fingerprint density at radius 3 is 1.87 bits per heavy atom. The number of carbonyl (C=O) groups is 1. The minimum atomic E-state index is -0.695. The lowest BCUT2D eigenvalue weighted by atomic mass is 9.87. The molecule has 0 bridgehead atoms. The van der Waals surface area contributed by atoms with E-state index in [1.54, 1.807) is 0 Å². The van der Waals surface area contributed by atoms with Gasteiger partial charge >= 0.3 is 5.97 Å². The zero-order valence-electron chi connectivity index (χ0n) is 15.4. The number of aryl methyl sites for hydroxylation is 2. The number of rotatable bonds is 11. The Kier molecular flexibility index (Phi) is 8.36. The molecule has 0 fully saturated rings. The zero-order valence-corrected chi connectivity index (χ0v) is 15.4. The quantitative estimate of drug-likeness (QED) is 0.517. The third kappa shape index (κ3) is 8.20. The average Bonchev–Trinajstić information content (AvgIpc) is 2.49. The molecular formula is C21H34O2. The van der Waals surface area contributed by atoms with Crippen molar-refractivity contribution in [3.8, 4) is 0 Å². The van der Waals surface area contributed by atoms with Crippen molar-refractivity contribution in [1.29, 1.82) is 0 Å². The molecule has 0 aliphatic heterocycles. The third-order valence-electron chi connectivity index (χ3n) is 4.62. The molecule has 0 saturated carbocycles. The predicted octanol–water partition coefficient (Wildman–Crippen LogP) is 5.88. The lowest BCUT2D eigenvalue weighted by Crippen LogP contribution is -2.23. The Morgan fingerprint density at radius 1 is 0.957 bits per heavy atom. The van der Waals surface area contributed by atoms with Gasteiger partial charge in [0.15, 0.2) is 0 Å². The van der Waals surface area contributed by atoms with E-state index in [9.17, 15) is 4.79 Å². The van der Waals surface area contributed by atoms with Gasteiger partial charge in [0, 0.05) is 0 Å². The van der Waals surface area contributed by atoms with Gasteiger partial charge in [-0.25, -0.2) is 0 Å². The van der Waals surface area contributed by atoms with Crippen molar-refractivity contribution < 1.29 is 9.90 Å². The molecule has 2 heteroatoms. The second-order valence-corrected chi connectivity index (χ2v) is 7.85. The summed E-state index contributed by atoms with van der Waals surface area (Å²) in [6.45, 7) is 8.19. The predicted molar refractivity (Wildman–Crippen MR) is 97.8 cm³/mol. The Labute approximate surface area is 142 Å². The van der Waals surface area contributed by atoms with Gasteiger partial charge in [-0.3, -0.25) is 4.79 Å². The van der Waals surface area contributed by atoms with E-state index in [0.717, 1.165) is 31.6 Å². The monoisotopic (exact) mass is 318 g/mol. The van der Waals surface area contributed by atoms with Crippen molar-refractivity contribution in [3.05, 3.63) is 35.4 Å². The first-order valence-corrected chi connectivity index (χ1v) is 9.12. The van der Waals surface area contributed by atoms with Crippen molar-refractivity contribution in [2.45, 2.75) is 79.1 Å². The van der Waals surface area contributed by atoms with E-state index in [1.807, 2.05) is 13.8 Å². The van der Waals surface area contributed by atoms with Crippen molar-refractivity contribution >= 4 is 5.97 Å². The van der Waals surface area contributed by atoms with Gasteiger partial charge in [-0.15, -0.1) is 0 Å². The summed E-state index contributed by atoms with van der Waals surface area (Å²) in [5, 5.41) is 9.11. The van der Waals surface area contributed by atoms with E-state index in [0.29, 0.717) is 0 Å². The van der Waals surface area contributed by atoms with E-state index in [2.05, 4.69) is 38.1 Å². The van der Waals surface area contributed by atoms with Crippen LogP contribution in [0.25, 0.3) is 0 Å². The van der Waals surface area contributed by atoms with E-state index in [4.69, 9.17) is 5.11 Å². The van der Waals surface area contributed by atoms with Crippen LogP contribution in [-0.2, 0) is 17.6 Å². The first kappa shape index (κ1) is 19.7. The van der Waals surface area contributed by atoms with E-state index in [1.165, 1.54) is 36.8 Å². The molecule has 1 aromatic carbocycles. The maximum atomic E-state index is 11.1. The van der Waals surface area contributed by atoms with Gasteiger partial charge in [0.1, 0.15) is 0 Å². The number of carboxylic acids is 1. The van der Waals surface area contributed by atoms with Gasteiger partial charge in [0.05, 0.1) is 5.41 Å². The van der Waals surface area contributed by atoms with Crippen LogP contribution in [0, 0.1) is 11.3 Å². The lowest BCUT2D eigenvalue weighted by Gasteiger charge is -2.18. The molecule has 1 aromatic rings. The Bertz CT molecular complexity index is 457. The topological polar surface area (TPSA) is 37.3 Å². The molecule has 0 unspecified atom stereocenters. The molecule has 130 valence electrons. The van der Waals surface area contributed by atoms with Crippen LogP contribution in [0.4, 0.5) is 0 Å². The molecule has 0 spiro atoms.